The third-order valence-corrected chi connectivity index (χ3v) is 4.04. The van der Waals surface area contributed by atoms with Crippen molar-refractivity contribution in [2.24, 2.45) is 5.92 Å². The molecular formula is C13H22N2O3. The average Bonchev–Trinajstić information content (AvgIpc) is 2.38. The first-order valence-electron chi connectivity index (χ1n) is 6.86. The number of amides is 1. The Morgan fingerprint density at radius 2 is 2.06 bits per heavy atom. The molecule has 0 radical (unpaired) electrons. The van der Waals surface area contributed by atoms with E-state index in [-0.39, 0.29) is 11.8 Å². The van der Waals surface area contributed by atoms with Crippen LogP contribution in [-0.4, -0.2) is 47.1 Å². The van der Waals surface area contributed by atoms with Gasteiger partial charge in [-0.3, -0.25) is 4.79 Å². The summed E-state index contributed by atoms with van der Waals surface area (Å²) >= 11 is 0. The Morgan fingerprint density at radius 1 is 1.28 bits per heavy atom. The molecule has 2 saturated heterocycles. The number of carboxylic acid groups (broad SMARTS) is 1. The molecule has 2 fully saturated rings. The van der Waals surface area contributed by atoms with Gasteiger partial charge in [0, 0.05) is 18.5 Å². The third kappa shape index (κ3) is 2.83. The second-order valence-electron chi connectivity index (χ2n) is 5.46. The zero-order valence-electron chi connectivity index (χ0n) is 10.9. The van der Waals surface area contributed by atoms with Gasteiger partial charge in [0.05, 0.1) is 0 Å². The molecule has 18 heavy (non-hydrogen) atoms. The highest BCUT2D eigenvalue weighted by Crippen LogP contribution is 2.24. The van der Waals surface area contributed by atoms with Gasteiger partial charge in [-0.15, -0.1) is 0 Å². The molecular weight excluding hydrogens is 232 g/mol. The van der Waals surface area contributed by atoms with Crippen LogP contribution in [0.5, 0.6) is 0 Å². The molecule has 102 valence electrons. The largest absolute Gasteiger partial charge is 0.480 e. The topological polar surface area (TPSA) is 69.6 Å². The minimum absolute atomic E-state index is 0.00111. The van der Waals surface area contributed by atoms with Crippen molar-refractivity contribution in [2.75, 3.05) is 13.1 Å². The smallest absolute Gasteiger partial charge is 0.326 e. The fourth-order valence-corrected chi connectivity index (χ4v) is 3.04. The fraction of sp³-hybridized carbons (Fsp3) is 0.846. The highest BCUT2D eigenvalue weighted by molar-refractivity contribution is 5.85. The normalized spacial score (nSPS) is 33.2. The van der Waals surface area contributed by atoms with Crippen LogP contribution in [0.2, 0.25) is 0 Å². The first-order valence-corrected chi connectivity index (χ1v) is 6.86. The van der Waals surface area contributed by atoms with E-state index in [4.69, 9.17) is 0 Å². The Kier molecular flexibility index (Phi) is 4.22. The molecule has 5 heteroatoms. The van der Waals surface area contributed by atoms with Crippen LogP contribution in [0.25, 0.3) is 0 Å². The molecule has 0 aliphatic carbocycles. The Bertz CT molecular complexity index is 332. The summed E-state index contributed by atoms with van der Waals surface area (Å²) in [6, 6.07) is -0.253. The van der Waals surface area contributed by atoms with E-state index in [1.807, 2.05) is 0 Å². The number of carboxylic acids is 1. The number of carbonyl (C=O) groups excluding carboxylic acids is 1. The molecule has 0 aromatic rings. The summed E-state index contributed by atoms with van der Waals surface area (Å²) in [6.45, 7) is 3.53. The van der Waals surface area contributed by atoms with Gasteiger partial charge in [0.25, 0.3) is 0 Å². The number of rotatable bonds is 2. The van der Waals surface area contributed by atoms with Gasteiger partial charge in [0.1, 0.15) is 6.04 Å². The van der Waals surface area contributed by atoms with Crippen LogP contribution >= 0.6 is 0 Å². The maximum absolute atomic E-state index is 12.4. The molecule has 0 aromatic carbocycles. The number of carbonyl (C=O) groups is 2. The molecule has 2 heterocycles. The van der Waals surface area contributed by atoms with Crippen molar-refractivity contribution in [3.8, 4) is 0 Å². The zero-order chi connectivity index (χ0) is 13.1. The summed E-state index contributed by atoms with van der Waals surface area (Å²) in [4.78, 5) is 25.3. The molecule has 0 saturated carbocycles. The van der Waals surface area contributed by atoms with E-state index in [0.29, 0.717) is 19.0 Å². The summed E-state index contributed by atoms with van der Waals surface area (Å²) in [6.07, 6.45) is 4.08. The third-order valence-electron chi connectivity index (χ3n) is 4.04. The van der Waals surface area contributed by atoms with E-state index in [0.717, 1.165) is 32.2 Å². The second kappa shape index (κ2) is 5.69. The van der Waals surface area contributed by atoms with Gasteiger partial charge in [0.2, 0.25) is 5.91 Å². The first-order chi connectivity index (χ1) is 8.59. The van der Waals surface area contributed by atoms with Gasteiger partial charge in [-0.2, -0.15) is 0 Å². The van der Waals surface area contributed by atoms with Gasteiger partial charge < -0.3 is 15.3 Å². The lowest BCUT2D eigenvalue weighted by atomic mass is 9.90. The van der Waals surface area contributed by atoms with Gasteiger partial charge in [-0.1, -0.05) is 0 Å². The lowest BCUT2D eigenvalue weighted by Crippen LogP contribution is -2.52. The van der Waals surface area contributed by atoms with Crippen LogP contribution in [-0.2, 0) is 9.59 Å². The lowest BCUT2D eigenvalue weighted by molar-refractivity contribution is -0.154. The number of hydrogen-bond donors (Lipinski definition) is 2. The van der Waals surface area contributed by atoms with Gasteiger partial charge >= 0.3 is 5.97 Å². The van der Waals surface area contributed by atoms with Crippen LogP contribution in [0.4, 0.5) is 0 Å². The molecule has 3 unspecified atom stereocenters. The van der Waals surface area contributed by atoms with Crippen molar-refractivity contribution in [1.29, 1.82) is 0 Å². The SMILES string of the molecule is CC1CC(C(=O)N2CCCCC2C(=O)O)CCN1. The van der Waals surface area contributed by atoms with E-state index < -0.39 is 12.0 Å². The predicted octanol–water partition coefficient (Wildman–Crippen LogP) is 0.840. The molecule has 3 atom stereocenters. The van der Waals surface area contributed by atoms with Crippen LogP contribution in [0.1, 0.15) is 39.0 Å². The maximum atomic E-state index is 12.4. The first kappa shape index (κ1) is 13.3. The van der Waals surface area contributed by atoms with E-state index in [1.54, 1.807) is 4.90 Å². The Morgan fingerprint density at radius 3 is 2.72 bits per heavy atom. The van der Waals surface area contributed by atoms with Crippen molar-refractivity contribution in [1.82, 2.24) is 10.2 Å². The number of piperidine rings is 2. The summed E-state index contributed by atoms with van der Waals surface area (Å²) in [5, 5.41) is 12.5. The monoisotopic (exact) mass is 254 g/mol. The molecule has 0 aromatic heterocycles. The number of hydrogen-bond acceptors (Lipinski definition) is 3. The highest BCUT2D eigenvalue weighted by atomic mass is 16.4. The molecule has 5 nitrogen and oxygen atoms in total. The minimum atomic E-state index is -0.856. The van der Waals surface area contributed by atoms with Crippen LogP contribution in [0, 0.1) is 5.92 Å². The van der Waals surface area contributed by atoms with E-state index in [1.165, 1.54) is 0 Å². The summed E-state index contributed by atoms with van der Waals surface area (Å²) in [5.74, 6) is -0.804. The summed E-state index contributed by atoms with van der Waals surface area (Å²) < 4.78 is 0. The number of nitrogens with one attached hydrogen (secondary N) is 1. The van der Waals surface area contributed by atoms with Crippen molar-refractivity contribution in [3.05, 3.63) is 0 Å². The fourth-order valence-electron chi connectivity index (χ4n) is 3.04. The number of aliphatic carboxylic acids is 1. The van der Waals surface area contributed by atoms with Crippen LogP contribution in [0.3, 0.4) is 0 Å². The van der Waals surface area contributed by atoms with Crippen LogP contribution in [0.15, 0.2) is 0 Å². The van der Waals surface area contributed by atoms with Gasteiger partial charge in [-0.05, 0) is 45.6 Å². The molecule has 0 bridgehead atoms. The highest BCUT2D eigenvalue weighted by Gasteiger charge is 2.36. The molecule has 2 rings (SSSR count). The number of likely N-dealkylation sites (tertiary alicyclic amines) is 1. The average molecular weight is 254 g/mol. The Labute approximate surface area is 108 Å². The quantitative estimate of drug-likeness (QED) is 0.766. The number of nitrogens with zero attached hydrogens (tertiary/aromatic N) is 1. The molecule has 1 amide bonds. The lowest BCUT2D eigenvalue weighted by Gasteiger charge is -2.37. The minimum Gasteiger partial charge on any atom is -0.480 e. The Hall–Kier alpha value is -1.10. The Balaban J connectivity index is 2.03. The van der Waals surface area contributed by atoms with E-state index in [9.17, 15) is 14.7 Å². The van der Waals surface area contributed by atoms with Gasteiger partial charge in [0.15, 0.2) is 0 Å². The van der Waals surface area contributed by atoms with Crippen LogP contribution < -0.4 is 5.32 Å². The maximum Gasteiger partial charge on any atom is 0.326 e. The summed E-state index contributed by atoms with van der Waals surface area (Å²) in [7, 11) is 0. The van der Waals surface area contributed by atoms with E-state index in [2.05, 4.69) is 12.2 Å². The van der Waals surface area contributed by atoms with Gasteiger partial charge in [-0.25, -0.2) is 4.79 Å². The molecule has 2 aliphatic rings. The van der Waals surface area contributed by atoms with Crippen molar-refractivity contribution >= 4 is 11.9 Å². The predicted molar refractivity (Wildman–Crippen MR) is 67.2 cm³/mol. The van der Waals surface area contributed by atoms with Crippen molar-refractivity contribution in [3.63, 3.8) is 0 Å². The summed E-state index contributed by atoms with van der Waals surface area (Å²) in [5.41, 5.74) is 0. The van der Waals surface area contributed by atoms with E-state index >= 15 is 0 Å². The zero-order valence-corrected chi connectivity index (χ0v) is 10.9. The van der Waals surface area contributed by atoms with Crippen molar-refractivity contribution < 1.29 is 14.7 Å². The molecule has 0 spiro atoms. The second-order valence-corrected chi connectivity index (χ2v) is 5.46. The van der Waals surface area contributed by atoms with Crippen molar-refractivity contribution in [2.45, 2.75) is 51.1 Å². The standard InChI is InChI=1S/C13H22N2O3/c1-9-8-10(5-6-14-9)12(16)15-7-3-2-4-11(15)13(17)18/h9-11,14H,2-8H2,1H3,(H,17,18). The molecule has 2 N–H and O–H groups in total. The molecule has 2 aliphatic heterocycles.